The van der Waals surface area contributed by atoms with Crippen LogP contribution in [-0.2, 0) is 65.4 Å². The highest BCUT2D eigenvalue weighted by Gasteiger charge is 2.30. The van der Waals surface area contributed by atoms with Gasteiger partial charge in [-0.2, -0.15) is 0 Å². The summed E-state index contributed by atoms with van der Waals surface area (Å²) >= 11 is 0. The Balaban J connectivity index is 5.22. The molecule has 0 bridgehead atoms. The molecule has 0 rings (SSSR count). The van der Waals surface area contributed by atoms with Crippen molar-refractivity contribution in [3.63, 3.8) is 0 Å². The third-order valence-electron chi connectivity index (χ3n) is 16.7. The highest BCUT2D eigenvalue weighted by atomic mass is 31.2. The van der Waals surface area contributed by atoms with Crippen LogP contribution in [0.3, 0.4) is 0 Å². The van der Waals surface area contributed by atoms with Crippen molar-refractivity contribution in [3.05, 3.63) is 0 Å². The molecule has 0 aromatic rings. The van der Waals surface area contributed by atoms with Crippen molar-refractivity contribution in [3.8, 4) is 0 Å². The van der Waals surface area contributed by atoms with Crippen molar-refractivity contribution < 1.29 is 80.2 Å². The first-order chi connectivity index (χ1) is 43.1. The zero-order valence-electron chi connectivity index (χ0n) is 58.8. The van der Waals surface area contributed by atoms with Crippen LogP contribution in [0, 0.1) is 23.7 Å². The van der Waals surface area contributed by atoms with Gasteiger partial charge in [0.15, 0.2) is 12.2 Å². The highest BCUT2D eigenvalue weighted by Crippen LogP contribution is 2.45. The lowest BCUT2D eigenvalue weighted by Crippen LogP contribution is -2.30. The third-order valence-corrected chi connectivity index (χ3v) is 18.6. The molecule has 17 nitrogen and oxygen atoms in total. The van der Waals surface area contributed by atoms with Crippen LogP contribution in [-0.4, -0.2) is 96.7 Å². The molecule has 0 fully saturated rings. The van der Waals surface area contributed by atoms with Crippen LogP contribution >= 0.6 is 15.6 Å². The first-order valence-corrected chi connectivity index (χ1v) is 39.7. The van der Waals surface area contributed by atoms with Crippen LogP contribution in [0.25, 0.3) is 0 Å². The van der Waals surface area contributed by atoms with Crippen molar-refractivity contribution >= 4 is 39.5 Å². The minimum atomic E-state index is -4.95. The second-order valence-corrected chi connectivity index (χ2v) is 30.2. The normalized spacial score (nSPS) is 14.6. The van der Waals surface area contributed by atoms with E-state index in [2.05, 4.69) is 55.4 Å². The summed E-state index contributed by atoms with van der Waals surface area (Å²) in [6.07, 6.45) is 43.4. The summed E-state index contributed by atoms with van der Waals surface area (Å²) < 4.78 is 68.2. The van der Waals surface area contributed by atoms with Gasteiger partial charge < -0.3 is 33.8 Å². The van der Waals surface area contributed by atoms with Crippen molar-refractivity contribution in [2.45, 2.75) is 369 Å². The van der Waals surface area contributed by atoms with Crippen LogP contribution in [0.2, 0.25) is 0 Å². The van der Waals surface area contributed by atoms with Gasteiger partial charge in [0.05, 0.1) is 26.4 Å². The number of ether oxygens (including phenoxy) is 4. The fraction of sp³-hybridized carbons (Fsp3) is 0.944. The van der Waals surface area contributed by atoms with E-state index in [-0.39, 0.29) is 25.7 Å². The zero-order chi connectivity index (χ0) is 66.8. The molecule has 0 aromatic heterocycles. The van der Waals surface area contributed by atoms with E-state index in [1.54, 1.807) is 0 Å². The first-order valence-electron chi connectivity index (χ1n) is 36.7. The molecule has 0 radical (unpaired) electrons. The van der Waals surface area contributed by atoms with Gasteiger partial charge in [0.2, 0.25) is 0 Å². The molecule has 0 aliphatic carbocycles. The lowest BCUT2D eigenvalue weighted by molar-refractivity contribution is -0.161. The number of aliphatic hydroxyl groups is 1. The monoisotopic (exact) mass is 1320 g/mol. The largest absolute Gasteiger partial charge is 0.472 e. The molecule has 0 aliphatic rings. The molecule has 0 aliphatic heterocycles. The smallest absolute Gasteiger partial charge is 0.462 e. The molecule has 6 atom stereocenters. The van der Waals surface area contributed by atoms with E-state index in [1.807, 2.05) is 0 Å². The third kappa shape index (κ3) is 63.5. The van der Waals surface area contributed by atoms with Gasteiger partial charge in [0, 0.05) is 25.7 Å². The molecule has 3 N–H and O–H groups in total. The molecule has 0 spiro atoms. The van der Waals surface area contributed by atoms with Crippen molar-refractivity contribution in [2.75, 3.05) is 39.6 Å². The second kappa shape index (κ2) is 60.7. The molecule has 3 unspecified atom stereocenters. The Morgan fingerprint density at radius 2 is 0.533 bits per heavy atom. The number of hydrogen-bond donors (Lipinski definition) is 3. The van der Waals surface area contributed by atoms with Gasteiger partial charge in [0.25, 0.3) is 0 Å². The van der Waals surface area contributed by atoms with Crippen LogP contribution < -0.4 is 0 Å². The first kappa shape index (κ1) is 88.1. The molecule has 0 aromatic carbocycles. The van der Waals surface area contributed by atoms with Gasteiger partial charge in [-0.3, -0.25) is 37.3 Å². The van der Waals surface area contributed by atoms with E-state index in [0.717, 1.165) is 108 Å². The molecule has 0 saturated carbocycles. The number of rotatable bonds is 68. The van der Waals surface area contributed by atoms with Crippen LogP contribution in [0.15, 0.2) is 0 Å². The predicted octanol–water partition coefficient (Wildman–Crippen LogP) is 20.1. The van der Waals surface area contributed by atoms with E-state index in [4.69, 9.17) is 37.0 Å². The Morgan fingerprint density at radius 1 is 0.311 bits per heavy atom. The average molecular weight is 1330 g/mol. The summed E-state index contributed by atoms with van der Waals surface area (Å²) in [5.74, 6) is 0.827. The SMILES string of the molecule is CCC(C)CCCCCCCCCCCCC(=O)OC[C@H](COP(=O)(O)OC[C@@H](O)COP(=O)(O)OC[C@@H](COC(=O)CCCCCCCCC(C)C)OC(=O)CCCCCCCCC(C)C)OC(=O)CCCCCCCCCCCCCCCCCC(C)C. The van der Waals surface area contributed by atoms with Gasteiger partial charge in [-0.05, 0) is 49.4 Å². The van der Waals surface area contributed by atoms with E-state index >= 15 is 0 Å². The number of unbranched alkanes of at least 4 members (excludes halogenated alkanes) is 33. The Morgan fingerprint density at radius 3 is 0.789 bits per heavy atom. The Labute approximate surface area is 549 Å². The summed E-state index contributed by atoms with van der Waals surface area (Å²) in [5.41, 5.74) is 0. The number of carbonyl (C=O) groups is 4. The van der Waals surface area contributed by atoms with Gasteiger partial charge >= 0.3 is 39.5 Å². The van der Waals surface area contributed by atoms with E-state index < -0.39 is 97.5 Å². The van der Waals surface area contributed by atoms with Crippen LogP contribution in [0.1, 0.15) is 351 Å². The van der Waals surface area contributed by atoms with Crippen LogP contribution in [0.5, 0.6) is 0 Å². The van der Waals surface area contributed by atoms with Crippen molar-refractivity contribution in [1.82, 2.24) is 0 Å². The molecule has 0 saturated heterocycles. The van der Waals surface area contributed by atoms with Crippen molar-refractivity contribution in [1.29, 1.82) is 0 Å². The lowest BCUT2D eigenvalue weighted by Gasteiger charge is -2.21. The summed E-state index contributed by atoms with van der Waals surface area (Å²) in [7, 11) is -9.90. The predicted molar refractivity (Wildman–Crippen MR) is 363 cm³/mol. The fourth-order valence-electron chi connectivity index (χ4n) is 10.6. The second-order valence-electron chi connectivity index (χ2n) is 27.3. The van der Waals surface area contributed by atoms with E-state index in [0.29, 0.717) is 37.5 Å². The van der Waals surface area contributed by atoms with Gasteiger partial charge in [-0.15, -0.1) is 0 Å². The fourth-order valence-corrected chi connectivity index (χ4v) is 12.2. The van der Waals surface area contributed by atoms with Gasteiger partial charge in [-0.1, -0.05) is 299 Å². The number of aliphatic hydroxyl groups excluding tert-OH is 1. The zero-order valence-corrected chi connectivity index (χ0v) is 60.6. The summed E-state index contributed by atoms with van der Waals surface area (Å²) in [6.45, 7) is 14.0. The lowest BCUT2D eigenvalue weighted by atomic mass is 9.99. The molecule has 0 amide bonds. The number of carbonyl (C=O) groups excluding carboxylic acids is 4. The maximum absolute atomic E-state index is 13.0. The Hall–Kier alpha value is -1.94. The molecular formula is C71H138O17P2. The quantitative estimate of drug-likeness (QED) is 0.0222. The summed E-state index contributed by atoms with van der Waals surface area (Å²) in [4.78, 5) is 72.5. The minimum absolute atomic E-state index is 0.101. The highest BCUT2D eigenvalue weighted by molar-refractivity contribution is 7.47. The number of phosphoric ester groups is 2. The minimum Gasteiger partial charge on any atom is -0.462 e. The standard InChI is InChI=1S/C71H138O17P2/c1-9-64(8)50-42-34-24-20-17-18-21-25-35-43-51-68(73)81-57-66(87-70(75)53-45-37-26-22-16-14-12-10-11-13-15-19-23-31-39-47-61(2)3)59-85-89(77,78)83-55-65(72)56-84-90(79,80)86-60-67(88-71(76)54-46-38-30-28-33-41-49-63(6)7)58-82-69(74)52-44-36-29-27-32-40-48-62(4)5/h61-67,72H,9-60H2,1-8H3,(H,77,78)(H,79,80)/t64?,65-,66-,67-/m1/s1. The Bertz CT molecular complexity index is 1780. The van der Waals surface area contributed by atoms with Gasteiger partial charge in [0.1, 0.15) is 19.3 Å². The molecular weight excluding hydrogens is 1190 g/mol. The summed E-state index contributed by atoms with van der Waals surface area (Å²) in [5, 5.41) is 10.6. The summed E-state index contributed by atoms with van der Waals surface area (Å²) in [6, 6.07) is 0. The molecule has 0 heterocycles. The number of phosphoric acid groups is 2. The molecule has 90 heavy (non-hydrogen) atoms. The topological polar surface area (TPSA) is 237 Å². The maximum atomic E-state index is 13.0. The van der Waals surface area contributed by atoms with Crippen LogP contribution in [0.4, 0.5) is 0 Å². The van der Waals surface area contributed by atoms with Gasteiger partial charge in [-0.25, -0.2) is 9.13 Å². The number of hydrogen-bond acceptors (Lipinski definition) is 15. The Kier molecular flexibility index (Phi) is 59.4. The van der Waals surface area contributed by atoms with E-state index in [1.165, 1.54) is 148 Å². The average Bonchev–Trinajstić information content (AvgIpc) is 3.00. The number of esters is 4. The van der Waals surface area contributed by atoms with E-state index in [9.17, 15) is 43.2 Å². The molecule has 19 heteroatoms. The molecule has 534 valence electrons. The maximum Gasteiger partial charge on any atom is 0.472 e. The van der Waals surface area contributed by atoms with Crippen molar-refractivity contribution in [2.24, 2.45) is 23.7 Å².